The Hall–Kier alpha value is -3.07. The van der Waals surface area contributed by atoms with E-state index in [-0.39, 0.29) is 17.3 Å². The van der Waals surface area contributed by atoms with Crippen LogP contribution in [0.2, 0.25) is 10.0 Å². The van der Waals surface area contributed by atoms with Gasteiger partial charge in [-0.05, 0) is 67.8 Å². The van der Waals surface area contributed by atoms with Crippen molar-refractivity contribution in [3.8, 4) is 0 Å². The van der Waals surface area contributed by atoms with E-state index in [0.717, 1.165) is 16.3 Å². The van der Waals surface area contributed by atoms with Gasteiger partial charge in [-0.3, -0.25) is 13.9 Å². The van der Waals surface area contributed by atoms with E-state index >= 15 is 0 Å². The quantitative estimate of drug-likeness (QED) is 0.336. The van der Waals surface area contributed by atoms with Gasteiger partial charge in [0.2, 0.25) is 11.8 Å². The van der Waals surface area contributed by atoms with E-state index in [0.29, 0.717) is 27.8 Å². The van der Waals surface area contributed by atoms with Gasteiger partial charge in [0.1, 0.15) is 12.6 Å². The molecule has 1 atom stereocenters. The van der Waals surface area contributed by atoms with Gasteiger partial charge in [0.15, 0.2) is 0 Å². The number of rotatable bonds is 11. The van der Waals surface area contributed by atoms with Crippen LogP contribution in [0, 0.1) is 0 Å². The predicted molar refractivity (Wildman–Crippen MR) is 152 cm³/mol. The summed E-state index contributed by atoms with van der Waals surface area (Å²) in [5, 5.41) is 3.40. The minimum atomic E-state index is -4.10. The van der Waals surface area contributed by atoms with Crippen molar-refractivity contribution in [1.82, 2.24) is 10.2 Å². The van der Waals surface area contributed by atoms with Crippen molar-refractivity contribution < 1.29 is 18.0 Å². The van der Waals surface area contributed by atoms with Gasteiger partial charge >= 0.3 is 0 Å². The zero-order valence-corrected chi connectivity index (χ0v) is 23.9. The van der Waals surface area contributed by atoms with Gasteiger partial charge in [0.25, 0.3) is 10.0 Å². The second-order valence-electron chi connectivity index (χ2n) is 8.69. The summed E-state index contributed by atoms with van der Waals surface area (Å²) >= 11 is 12.2. The molecule has 0 saturated carbocycles. The molecule has 3 aromatic rings. The molecule has 10 heteroatoms. The van der Waals surface area contributed by atoms with Gasteiger partial charge in [0.05, 0.1) is 20.6 Å². The molecule has 0 bridgehead atoms. The van der Waals surface area contributed by atoms with Crippen LogP contribution in [0.5, 0.6) is 0 Å². The van der Waals surface area contributed by atoms with E-state index < -0.39 is 28.5 Å². The number of hydrogen-bond acceptors (Lipinski definition) is 4. The fourth-order valence-corrected chi connectivity index (χ4v) is 5.64. The molecule has 0 fully saturated rings. The Bertz CT molecular complexity index is 1370. The van der Waals surface area contributed by atoms with Crippen LogP contribution < -0.4 is 9.62 Å². The number of amides is 2. The number of sulfonamides is 1. The second-order valence-corrected chi connectivity index (χ2v) is 11.4. The summed E-state index contributed by atoms with van der Waals surface area (Å²) in [6.45, 7) is 5.29. The summed E-state index contributed by atoms with van der Waals surface area (Å²) < 4.78 is 28.6. The Morgan fingerprint density at radius 2 is 1.53 bits per heavy atom. The van der Waals surface area contributed by atoms with Crippen molar-refractivity contribution in [3.63, 3.8) is 0 Å². The van der Waals surface area contributed by atoms with Crippen LogP contribution in [0.25, 0.3) is 0 Å². The maximum atomic E-state index is 13.8. The van der Waals surface area contributed by atoms with E-state index in [1.807, 2.05) is 19.1 Å². The van der Waals surface area contributed by atoms with Crippen molar-refractivity contribution in [2.75, 3.05) is 17.4 Å². The average molecular weight is 577 g/mol. The lowest BCUT2D eigenvalue weighted by Crippen LogP contribution is -2.51. The fraction of sp³-hybridized carbons (Fsp3) is 0.286. The van der Waals surface area contributed by atoms with Crippen LogP contribution in [0.3, 0.4) is 0 Å². The first kappa shape index (κ1) is 29.5. The molecule has 1 unspecified atom stereocenters. The lowest BCUT2D eigenvalue weighted by molar-refractivity contribution is -0.139. The van der Waals surface area contributed by atoms with Crippen LogP contribution in [-0.2, 0) is 32.6 Å². The molecule has 0 saturated heterocycles. The molecule has 38 heavy (non-hydrogen) atoms. The minimum absolute atomic E-state index is 0.0298. The third-order valence-electron chi connectivity index (χ3n) is 6.10. The van der Waals surface area contributed by atoms with Crippen LogP contribution in [0.4, 0.5) is 5.69 Å². The van der Waals surface area contributed by atoms with Crippen molar-refractivity contribution >= 4 is 50.7 Å². The molecule has 3 aromatic carbocycles. The molecular formula is C28H31Cl2N3O4S. The number of carbonyl (C=O) groups is 2. The molecular weight excluding hydrogens is 545 g/mol. The first-order valence-corrected chi connectivity index (χ1v) is 14.5. The number of nitrogens with zero attached hydrogens (tertiary/aromatic N) is 2. The maximum absolute atomic E-state index is 13.8. The van der Waals surface area contributed by atoms with E-state index in [1.54, 1.807) is 62.4 Å². The summed E-state index contributed by atoms with van der Waals surface area (Å²) in [4.78, 5) is 28.0. The summed E-state index contributed by atoms with van der Waals surface area (Å²) in [7, 11) is -4.10. The number of hydrogen-bond donors (Lipinski definition) is 1. The number of likely N-dealkylation sites (N-methyl/N-ethyl adjacent to an activating group) is 1. The smallest absolute Gasteiger partial charge is 0.264 e. The SMILES string of the molecule is CCNC(=O)C(C)N(Cc1ccc(Cl)c(Cl)c1)C(=O)CN(c1ccc(CC)cc1)S(=O)(=O)c1ccccc1. The topological polar surface area (TPSA) is 86.8 Å². The van der Waals surface area contributed by atoms with Crippen molar-refractivity contribution in [3.05, 3.63) is 94.0 Å². The molecule has 2 amide bonds. The zero-order valence-electron chi connectivity index (χ0n) is 21.5. The van der Waals surface area contributed by atoms with E-state index in [9.17, 15) is 18.0 Å². The van der Waals surface area contributed by atoms with Crippen molar-refractivity contribution in [2.45, 2.75) is 44.7 Å². The van der Waals surface area contributed by atoms with E-state index in [2.05, 4.69) is 5.32 Å². The lowest BCUT2D eigenvalue weighted by atomic mass is 10.1. The predicted octanol–water partition coefficient (Wildman–Crippen LogP) is 5.30. The fourth-order valence-electron chi connectivity index (χ4n) is 3.89. The number of nitrogens with one attached hydrogen (secondary N) is 1. The minimum Gasteiger partial charge on any atom is -0.355 e. The molecule has 7 nitrogen and oxygen atoms in total. The highest BCUT2D eigenvalue weighted by Crippen LogP contribution is 2.26. The first-order chi connectivity index (χ1) is 18.1. The average Bonchev–Trinajstić information content (AvgIpc) is 2.92. The maximum Gasteiger partial charge on any atom is 0.264 e. The van der Waals surface area contributed by atoms with Gasteiger partial charge in [-0.2, -0.15) is 0 Å². The molecule has 1 N–H and O–H groups in total. The third kappa shape index (κ3) is 7.07. The molecule has 0 heterocycles. The zero-order chi connectivity index (χ0) is 27.9. The Labute approximate surface area is 234 Å². The first-order valence-electron chi connectivity index (χ1n) is 12.3. The summed E-state index contributed by atoms with van der Waals surface area (Å²) in [5.74, 6) is -0.903. The molecule has 0 spiro atoms. The van der Waals surface area contributed by atoms with Gasteiger partial charge < -0.3 is 10.2 Å². The molecule has 3 rings (SSSR count). The molecule has 202 valence electrons. The molecule has 0 aliphatic carbocycles. The standard InChI is InChI=1S/C28H31Cl2N3O4S/c1-4-21-11-14-23(15-12-21)33(38(36,37)24-9-7-6-8-10-24)19-27(34)32(20(3)28(35)31-5-2)18-22-13-16-25(29)26(30)17-22/h6-17,20H,4-5,18-19H2,1-3H3,(H,31,35). The number of halogens is 2. The summed E-state index contributed by atoms with van der Waals surface area (Å²) in [6, 6.07) is 19.0. The van der Waals surface area contributed by atoms with E-state index in [1.165, 1.54) is 17.0 Å². The largest absolute Gasteiger partial charge is 0.355 e. The van der Waals surface area contributed by atoms with Crippen LogP contribution >= 0.6 is 23.2 Å². The third-order valence-corrected chi connectivity index (χ3v) is 8.62. The lowest BCUT2D eigenvalue weighted by Gasteiger charge is -2.32. The Balaban J connectivity index is 2.03. The van der Waals surface area contributed by atoms with Gasteiger partial charge in [-0.25, -0.2) is 8.42 Å². The number of anilines is 1. The Morgan fingerprint density at radius 1 is 0.895 bits per heavy atom. The van der Waals surface area contributed by atoms with Gasteiger partial charge in [-0.1, -0.05) is 66.5 Å². The monoisotopic (exact) mass is 575 g/mol. The van der Waals surface area contributed by atoms with Crippen LogP contribution in [-0.4, -0.2) is 44.3 Å². The van der Waals surface area contributed by atoms with Crippen molar-refractivity contribution in [2.24, 2.45) is 0 Å². The molecule has 0 aromatic heterocycles. The number of benzene rings is 3. The summed E-state index contributed by atoms with van der Waals surface area (Å²) in [6.07, 6.45) is 0.784. The highest BCUT2D eigenvalue weighted by Gasteiger charge is 2.32. The van der Waals surface area contributed by atoms with E-state index in [4.69, 9.17) is 23.2 Å². The molecule has 0 radical (unpaired) electrons. The second kappa shape index (κ2) is 13.1. The molecule has 0 aliphatic heterocycles. The number of aryl methyl sites for hydroxylation is 1. The highest BCUT2D eigenvalue weighted by molar-refractivity contribution is 7.92. The van der Waals surface area contributed by atoms with Gasteiger partial charge in [0, 0.05) is 13.1 Å². The number of carbonyl (C=O) groups excluding carboxylic acids is 2. The normalized spacial score (nSPS) is 12.0. The Morgan fingerprint density at radius 3 is 2.11 bits per heavy atom. The molecule has 0 aliphatic rings. The van der Waals surface area contributed by atoms with Gasteiger partial charge in [-0.15, -0.1) is 0 Å². The van der Waals surface area contributed by atoms with Crippen LogP contribution in [0.15, 0.2) is 77.7 Å². The highest BCUT2D eigenvalue weighted by atomic mass is 35.5. The summed E-state index contributed by atoms with van der Waals surface area (Å²) in [5.41, 5.74) is 2.02. The van der Waals surface area contributed by atoms with Crippen molar-refractivity contribution in [1.29, 1.82) is 0 Å². The van der Waals surface area contributed by atoms with Crippen LogP contribution in [0.1, 0.15) is 31.9 Å². The Kier molecular flexibility index (Phi) is 10.2.